The van der Waals surface area contributed by atoms with Crippen LogP contribution in [0.1, 0.15) is 28.3 Å². The maximum Gasteiger partial charge on any atom is 0.0388 e. The predicted molar refractivity (Wildman–Crippen MR) is 138 cm³/mol. The van der Waals surface area contributed by atoms with Crippen LogP contribution in [0.2, 0.25) is 0 Å². The zero-order valence-corrected chi connectivity index (χ0v) is 19.3. The van der Waals surface area contributed by atoms with E-state index in [1.165, 1.54) is 22.3 Å². The van der Waals surface area contributed by atoms with Gasteiger partial charge in [-0.15, -0.1) is 12.4 Å². The van der Waals surface area contributed by atoms with Crippen LogP contribution in [0.25, 0.3) is 0 Å². The Labute approximate surface area is 199 Å². The molecular weight excluding hydrogens is 410 g/mol. The average Bonchev–Trinajstić information content (AvgIpc) is 2.85. The van der Waals surface area contributed by atoms with E-state index < -0.39 is 0 Å². The van der Waals surface area contributed by atoms with Crippen LogP contribution in [0.5, 0.6) is 0 Å². The Hall–Kier alpha value is -2.87. The fourth-order valence-electron chi connectivity index (χ4n) is 4.23. The van der Waals surface area contributed by atoms with E-state index in [0.29, 0.717) is 6.04 Å². The molecule has 1 nitrogen and oxygen atoms in total. The van der Waals surface area contributed by atoms with E-state index in [1.54, 1.807) is 0 Å². The summed E-state index contributed by atoms with van der Waals surface area (Å²) in [6.07, 6.45) is 3.15. The van der Waals surface area contributed by atoms with Crippen molar-refractivity contribution < 1.29 is 0 Å². The highest BCUT2D eigenvalue weighted by molar-refractivity contribution is 5.85. The number of nitrogens with zero attached hydrogens (tertiary/aromatic N) is 1. The van der Waals surface area contributed by atoms with Gasteiger partial charge in [-0.3, -0.25) is 4.90 Å². The van der Waals surface area contributed by atoms with Gasteiger partial charge in [0.2, 0.25) is 0 Å². The molecule has 0 heterocycles. The molecule has 0 amide bonds. The van der Waals surface area contributed by atoms with Gasteiger partial charge < -0.3 is 0 Å². The highest BCUT2D eigenvalue weighted by Gasteiger charge is 2.21. The van der Waals surface area contributed by atoms with E-state index in [0.717, 1.165) is 32.4 Å². The maximum absolute atomic E-state index is 2.68. The second kappa shape index (κ2) is 12.9. The van der Waals surface area contributed by atoms with Gasteiger partial charge in [0.15, 0.2) is 0 Å². The Morgan fingerprint density at radius 2 is 0.844 bits per heavy atom. The smallest absolute Gasteiger partial charge is 0.0388 e. The zero-order valence-electron chi connectivity index (χ0n) is 18.5. The van der Waals surface area contributed by atoms with Gasteiger partial charge in [0.05, 0.1) is 0 Å². The summed E-state index contributed by atoms with van der Waals surface area (Å²) in [6, 6.07) is 44.0. The molecule has 0 fully saturated rings. The lowest BCUT2D eigenvalue weighted by Gasteiger charge is -2.33. The van der Waals surface area contributed by atoms with Gasteiger partial charge in [-0.2, -0.15) is 0 Å². The molecule has 1 atom stereocenters. The molecule has 0 radical (unpaired) electrons. The van der Waals surface area contributed by atoms with E-state index in [1.807, 2.05) is 0 Å². The summed E-state index contributed by atoms with van der Waals surface area (Å²) in [5.74, 6) is 0. The summed E-state index contributed by atoms with van der Waals surface area (Å²) >= 11 is 0. The van der Waals surface area contributed by atoms with Gasteiger partial charge in [-0.05, 0) is 41.5 Å². The second-order valence-electron chi connectivity index (χ2n) is 8.12. The van der Waals surface area contributed by atoms with Crippen molar-refractivity contribution in [3.05, 3.63) is 144 Å². The van der Waals surface area contributed by atoms with Crippen molar-refractivity contribution in [3.8, 4) is 0 Å². The molecule has 0 saturated carbocycles. The van der Waals surface area contributed by atoms with E-state index in [-0.39, 0.29) is 12.4 Å². The number of hydrogen-bond donors (Lipinski definition) is 0. The molecule has 4 aromatic rings. The molecule has 2 heteroatoms. The van der Waals surface area contributed by atoms with Crippen molar-refractivity contribution in [2.24, 2.45) is 0 Å². The third kappa shape index (κ3) is 7.09. The van der Waals surface area contributed by atoms with Crippen molar-refractivity contribution in [3.63, 3.8) is 0 Å². The van der Waals surface area contributed by atoms with Gasteiger partial charge in [0, 0.05) is 19.1 Å². The molecule has 0 aliphatic carbocycles. The molecule has 164 valence electrons. The third-order valence-corrected chi connectivity index (χ3v) is 5.96. The lowest BCUT2D eigenvalue weighted by atomic mass is 9.96. The maximum atomic E-state index is 2.68. The lowest BCUT2D eigenvalue weighted by Crippen LogP contribution is -2.34. The van der Waals surface area contributed by atoms with Gasteiger partial charge in [-0.25, -0.2) is 0 Å². The standard InChI is InChI=1S/C30H31N.ClH/c1-5-13-26(14-6-1)21-23-31(24-22-27-15-7-2-8-16-27)30(29-19-11-4-12-20-29)25-28-17-9-3-10-18-28;/h1-20,30H,21-25H2;1H. The highest BCUT2D eigenvalue weighted by Crippen LogP contribution is 2.26. The van der Waals surface area contributed by atoms with Crippen LogP contribution in [0.4, 0.5) is 0 Å². The minimum Gasteiger partial charge on any atom is -0.295 e. The quantitative estimate of drug-likeness (QED) is 0.252. The summed E-state index contributed by atoms with van der Waals surface area (Å²) in [5, 5.41) is 0. The Morgan fingerprint density at radius 1 is 0.469 bits per heavy atom. The first kappa shape index (κ1) is 23.8. The van der Waals surface area contributed by atoms with Crippen LogP contribution < -0.4 is 0 Å². The summed E-state index contributed by atoms with van der Waals surface area (Å²) in [5.41, 5.74) is 5.59. The molecule has 0 aliphatic rings. The van der Waals surface area contributed by atoms with Crippen LogP contribution >= 0.6 is 12.4 Å². The van der Waals surface area contributed by atoms with Crippen LogP contribution in [0.3, 0.4) is 0 Å². The molecule has 0 spiro atoms. The van der Waals surface area contributed by atoms with Gasteiger partial charge >= 0.3 is 0 Å². The van der Waals surface area contributed by atoms with Gasteiger partial charge in [-0.1, -0.05) is 121 Å². The molecule has 4 aromatic carbocycles. The minimum atomic E-state index is 0. The first-order chi connectivity index (χ1) is 15.4. The van der Waals surface area contributed by atoms with Crippen LogP contribution in [-0.2, 0) is 19.3 Å². The largest absolute Gasteiger partial charge is 0.295 e. The molecule has 0 saturated heterocycles. The molecule has 4 rings (SSSR count). The Morgan fingerprint density at radius 3 is 1.28 bits per heavy atom. The lowest BCUT2D eigenvalue weighted by molar-refractivity contribution is 0.200. The SMILES string of the molecule is Cl.c1ccc(CCN(CCc2ccccc2)C(Cc2ccccc2)c2ccccc2)cc1. The number of rotatable bonds is 10. The Kier molecular flexibility index (Phi) is 9.56. The van der Waals surface area contributed by atoms with Gasteiger partial charge in [0.25, 0.3) is 0 Å². The Bertz CT molecular complexity index is 960. The Balaban J connectivity index is 0.00000289. The summed E-state index contributed by atoms with van der Waals surface area (Å²) < 4.78 is 0. The monoisotopic (exact) mass is 441 g/mol. The van der Waals surface area contributed by atoms with Crippen molar-refractivity contribution in [2.75, 3.05) is 13.1 Å². The average molecular weight is 442 g/mol. The fraction of sp³-hybridized carbons (Fsp3) is 0.200. The first-order valence-corrected chi connectivity index (χ1v) is 11.3. The molecule has 32 heavy (non-hydrogen) atoms. The van der Waals surface area contributed by atoms with Crippen molar-refractivity contribution >= 4 is 12.4 Å². The summed E-state index contributed by atoms with van der Waals surface area (Å²) in [4.78, 5) is 2.68. The predicted octanol–water partition coefficient (Wildman–Crippen LogP) is 7.18. The molecule has 0 aliphatic heterocycles. The fourth-order valence-corrected chi connectivity index (χ4v) is 4.23. The van der Waals surface area contributed by atoms with E-state index in [9.17, 15) is 0 Å². The van der Waals surface area contributed by atoms with E-state index >= 15 is 0 Å². The summed E-state index contributed by atoms with van der Waals surface area (Å²) in [6.45, 7) is 2.09. The second-order valence-corrected chi connectivity index (χ2v) is 8.12. The topological polar surface area (TPSA) is 3.24 Å². The zero-order chi connectivity index (χ0) is 21.1. The molecule has 0 bridgehead atoms. The number of halogens is 1. The van der Waals surface area contributed by atoms with Crippen molar-refractivity contribution in [1.82, 2.24) is 4.90 Å². The number of hydrogen-bond acceptors (Lipinski definition) is 1. The van der Waals surface area contributed by atoms with E-state index in [4.69, 9.17) is 0 Å². The molecule has 1 unspecified atom stereocenters. The number of benzene rings is 4. The van der Waals surface area contributed by atoms with Crippen molar-refractivity contribution in [1.29, 1.82) is 0 Å². The minimum absolute atomic E-state index is 0. The van der Waals surface area contributed by atoms with Crippen molar-refractivity contribution in [2.45, 2.75) is 25.3 Å². The normalized spacial score (nSPS) is 11.7. The van der Waals surface area contributed by atoms with Gasteiger partial charge in [0.1, 0.15) is 0 Å². The molecule has 0 aromatic heterocycles. The molecule has 0 N–H and O–H groups in total. The highest BCUT2D eigenvalue weighted by atomic mass is 35.5. The molecular formula is C30H32ClN. The van der Waals surface area contributed by atoms with Crippen LogP contribution in [0, 0.1) is 0 Å². The van der Waals surface area contributed by atoms with E-state index in [2.05, 4.69) is 126 Å². The third-order valence-electron chi connectivity index (χ3n) is 5.96. The first-order valence-electron chi connectivity index (χ1n) is 11.3. The van der Waals surface area contributed by atoms with Crippen LogP contribution in [0.15, 0.2) is 121 Å². The van der Waals surface area contributed by atoms with Crippen LogP contribution in [-0.4, -0.2) is 18.0 Å². The summed E-state index contributed by atoms with van der Waals surface area (Å²) in [7, 11) is 0.